The third-order valence-corrected chi connectivity index (χ3v) is 7.82. The topological polar surface area (TPSA) is 88.6 Å². The van der Waals surface area contributed by atoms with Gasteiger partial charge in [-0.25, -0.2) is 17.7 Å². The lowest BCUT2D eigenvalue weighted by Gasteiger charge is -2.30. The summed E-state index contributed by atoms with van der Waals surface area (Å²) in [5.74, 6) is 0.618. The van der Waals surface area contributed by atoms with Crippen LogP contribution in [0.1, 0.15) is 31.6 Å². The van der Waals surface area contributed by atoms with Gasteiger partial charge >= 0.3 is 0 Å². The number of piperidine rings is 1. The molecular weight excluding hydrogens is 410 g/mol. The number of aryl methyl sites for hydroxylation is 1. The van der Waals surface area contributed by atoms with Crippen LogP contribution in [0.25, 0.3) is 11.3 Å². The van der Waals surface area contributed by atoms with E-state index in [9.17, 15) is 13.2 Å². The van der Waals surface area contributed by atoms with Crippen molar-refractivity contribution in [2.75, 3.05) is 30.8 Å². The lowest BCUT2D eigenvalue weighted by atomic mass is 9.97. The molecule has 1 saturated heterocycles. The molecule has 0 unspecified atom stereocenters. The third-order valence-electron chi connectivity index (χ3n) is 5.05. The van der Waals surface area contributed by atoms with Crippen molar-refractivity contribution in [2.24, 2.45) is 5.92 Å². The van der Waals surface area contributed by atoms with E-state index in [1.54, 1.807) is 6.92 Å². The summed E-state index contributed by atoms with van der Waals surface area (Å²) in [4.78, 5) is 18.3. The Bertz CT molecular complexity index is 947. The zero-order chi connectivity index (χ0) is 21.0. The van der Waals surface area contributed by atoms with Gasteiger partial charge in [0.1, 0.15) is 5.75 Å². The van der Waals surface area contributed by atoms with E-state index in [0.29, 0.717) is 37.7 Å². The highest BCUT2D eigenvalue weighted by Gasteiger charge is 2.30. The van der Waals surface area contributed by atoms with Crippen LogP contribution in [0.2, 0.25) is 0 Å². The van der Waals surface area contributed by atoms with Gasteiger partial charge < -0.3 is 10.1 Å². The fraction of sp³-hybridized carbons (Fsp3) is 0.500. The molecule has 0 radical (unpaired) electrons. The summed E-state index contributed by atoms with van der Waals surface area (Å²) in [7, 11) is -3.19. The average Bonchev–Trinajstić information content (AvgIpc) is 3.09. The number of nitrogens with zero attached hydrogens (tertiary/aromatic N) is 2. The Hall–Kier alpha value is -1.97. The highest BCUT2D eigenvalue weighted by atomic mass is 32.2. The largest absolute Gasteiger partial charge is 0.494 e. The van der Waals surface area contributed by atoms with Gasteiger partial charge in [0.05, 0.1) is 18.1 Å². The zero-order valence-electron chi connectivity index (χ0n) is 17.0. The predicted octanol–water partition coefficient (Wildman–Crippen LogP) is 3.52. The molecule has 0 bridgehead atoms. The molecule has 1 aliphatic heterocycles. The molecule has 158 valence electrons. The number of ether oxygens (including phenoxy) is 1. The number of carbonyl (C=O) groups is 1. The lowest BCUT2D eigenvalue weighted by Crippen LogP contribution is -2.42. The van der Waals surface area contributed by atoms with Gasteiger partial charge in [0.15, 0.2) is 5.13 Å². The molecule has 0 saturated carbocycles. The van der Waals surface area contributed by atoms with Crippen LogP contribution in [-0.2, 0) is 14.8 Å². The summed E-state index contributed by atoms with van der Waals surface area (Å²) in [6.07, 6.45) is 1.06. The van der Waals surface area contributed by atoms with Gasteiger partial charge in [0, 0.05) is 29.4 Å². The fourth-order valence-electron chi connectivity index (χ4n) is 3.38. The predicted molar refractivity (Wildman–Crippen MR) is 116 cm³/mol. The van der Waals surface area contributed by atoms with E-state index in [0.717, 1.165) is 21.9 Å². The van der Waals surface area contributed by atoms with E-state index in [-0.39, 0.29) is 17.6 Å². The van der Waals surface area contributed by atoms with Gasteiger partial charge in [-0.05, 0) is 57.9 Å². The molecule has 0 spiro atoms. The van der Waals surface area contributed by atoms with Crippen LogP contribution in [0.15, 0.2) is 24.3 Å². The van der Waals surface area contributed by atoms with Crippen LogP contribution in [-0.4, -0.2) is 49.1 Å². The molecule has 1 fully saturated rings. The molecule has 2 aromatic rings. The summed E-state index contributed by atoms with van der Waals surface area (Å²) in [6, 6.07) is 7.74. The van der Waals surface area contributed by atoms with E-state index in [1.165, 1.54) is 15.6 Å². The van der Waals surface area contributed by atoms with Crippen molar-refractivity contribution >= 4 is 32.4 Å². The molecule has 1 aromatic carbocycles. The molecule has 2 heterocycles. The van der Waals surface area contributed by atoms with Gasteiger partial charge in [0.25, 0.3) is 0 Å². The Morgan fingerprint density at radius 3 is 2.48 bits per heavy atom. The first-order chi connectivity index (χ1) is 13.8. The Kier molecular flexibility index (Phi) is 6.92. The molecular formula is C20H27N3O4S2. The van der Waals surface area contributed by atoms with E-state index in [4.69, 9.17) is 4.74 Å². The van der Waals surface area contributed by atoms with E-state index >= 15 is 0 Å². The van der Waals surface area contributed by atoms with Gasteiger partial charge in [-0.2, -0.15) is 0 Å². The van der Waals surface area contributed by atoms with Crippen molar-refractivity contribution in [3.8, 4) is 17.0 Å². The number of aromatic nitrogens is 1. The number of nitrogens with one attached hydrogen (secondary N) is 1. The second-order valence-electron chi connectivity index (χ2n) is 6.94. The number of sulfonamides is 1. The van der Waals surface area contributed by atoms with Crippen molar-refractivity contribution in [3.63, 3.8) is 0 Å². The molecule has 1 aromatic heterocycles. The summed E-state index contributed by atoms with van der Waals surface area (Å²) in [6.45, 7) is 6.97. The van der Waals surface area contributed by atoms with Crippen molar-refractivity contribution in [3.05, 3.63) is 29.1 Å². The SMILES string of the molecule is CCOc1ccc(-c2nc(NC(=O)C3CCN(S(=O)(=O)CC)CC3)sc2C)cc1. The van der Waals surface area contributed by atoms with Crippen LogP contribution in [0.5, 0.6) is 5.75 Å². The minimum atomic E-state index is -3.19. The normalized spacial score (nSPS) is 16.0. The maximum atomic E-state index is 12.6. The number of thiazole rings is 1. The van der Waals surface area contributed by atoms with Crippen LogP contribution < -0.4 is 10.1 Å². The van der Waals surface area contributed by atoms with Crippen LogP contribution >= 0.6 is 11.3 Å². The van der Waals surface area contributed by atoms with Gasteiger partial charge in [-0.1, -0.05) is 0 Å². The maximum Gasteiger partial charge on any atom is 0.229 e. The number of amides is 1. The highest BCUT2D eigenvalue weighted by Crippen LogP contribution is 2.32. The van der Waals surface area contributed by atoms with Crippen molar-refractivity contribution < 1.29 is 17.9 Å². The monoisotopic (exact) mass is 437 g/mol. The second kappa shape index (κ2) is 9.23. The quantitative estimate of drug-likeness (QED) is 0.716. The van der Waals surface area contributed by atoms with Crippen molar-refractivity contribution in [1.29, 1.82) is 0 Å². The summed E-state index contributed by atoms with van der Waals surface area (Å²) < 4.78 is 30.9. The Labute approximate surface area is 176 Å². The number of hydrogen-bond donors (Lipinski definition) is 1. The molecule has 0 atom stereocenters. The maximum absolute atomic E-state index is 12.6. The summed E-state index contributed by atoms with van der Waals surface area (Å²) >= 11 is 1.44. The highest BCUT2D eigenvalue weighted by molar-refractivity contribution is 7.89. The number of benzene rings is 1. The van der Waals surface area contributed by atoms with Crippen LogP contribution in [0, 0.1) is 12.8 Å². The molecule has 0 aliphatic carbocycles. The lowest BCUT2D eigenvalue weighted by molar-refractivity contribution is -0.120. The second-order valence-corrected chi connectivity index (χ2v) is 10.4. The molecule has 3 rings (SSSR count). The minimum Gasteiger partial charge on any atom is -0.494 e. The molecule has 1 aliphatic rings. The first-order valence-electron chi connectivity index (χ1n) is 9.83. The number of rotatable bonds is 7. The number of hydrogen-bond acceptors (Lipinski definition) is 6. The first kappa shape index (κ1) is 21.7. The van der Waals surface area contributed by atoms with E-state index in [1.807, 2.05) is 38.1 Å². The summed E-state index contributed by atoms with van der Waals surface area (Å²) in [5.41, 5.74) is 1.82. The average molecular weight is 438 g/mol. The summed E-state index contributed by atoms with van der Waals surface area (Å²) in [5, 5.41) is 3.49. The van der Waals surface area contributed by atoms with E-state index in [2.05, 4.69) is 10.3 Å². The molecule has 7 nitrogen and oxygen atoms in total. The minimum absolute atomic E-state index is 0.0921. The fourth-order valence-corrected chi connectivity index (χ4v) is 5.35. The smallest absolute Gasteiger partial charge is 0.229 e. The Morgan fingerprint density at radius 1 is 1.24 bits per heavy atom. The van der Waals surface area contributed by atoms with Crippen LogP contribution in [0.4, 0.5) is 5.13 Å². The Morgan fingerprint density at radius 2 is 1.90 bits per heavy atom. The number of anilines is 1. The Balaban J connectivity index is 1.63. The molecule has 9 heteroatoms. The van der Waals surface area contributed by atoms with Crippen molar-refractivity contribution in [1.82, 2.24) is 9.29 Å². The number of carbonyl (C=O) groups excluding carboxylic acids is 1. The molecule has 1 N–H and O–H groups in total. The van der Waals surface area contributed by atoms with Gasteiger partial charge in [-0.3, -0.25) is 4.79 Å². The first-order valence-corrected chi connectivity index (χ1v) is 12.3. The standard InChI is InChI=1S/C20H27N3O4S2/c1-4-27-17-8-6-15(7-9-17)18-14(3)28-20(21-18)22-19(24)16-10-12-23(13-11-16)29(25,26)5-2/h6-9,16H,4-5,10-13H2,1-3H3,(H,21,22,24). The van der Waals surface area contributed by atoms with Crippen LogP contribution in [0.3, 0.4) is 0 Å². The van der Waals surface area contributed by atoms with Crippen molar-refractivity contribution in [2.45, 2.75) is 33.6 Å². The van der Waals surface area contributed by atoms with Gasteiger partial charge in [0.2, 0.25) is 15.9 Å². The van der Waals surface area contributed by atoms with E-state index < -0.39 is 10.0 Å². The molecule has 29 heavy (non-hydrogen) atoms. The zero-order valence-corrected chi connectivity index (χ0v) is 18.6. The van der Waals surface area contributed by atoms with Gasteiger partial charge in [-0.15, -0.1) is 11.3 Å². The third kappa shape index (κ3) is 5.15. The molecule has 1 amide bonds.